The van der Waals surface area contributed by atoms with Crippen LogP contribution < -0.4 is 4.74 Å². The summed E-state index contributed by atoms with van der Waals surface area (Å²) in [5.41, 5.74) is 2.79. The Morgan fingerprint density at radius 3 is 2.68 bits per heavy atom. The van der Waals surface area contributed by atoms with Crippen LogP contribution in [0, 0.1) is 5.82 Å². The first kappa shape index (κ1) is 12.6. The van der Waals surface area contributed by atoms with Crippen LogP contribution in [0.1, 0.15) is 24.5 Å². The predicted octanol–water partition coefficient (Wildman–Crippen LogP) is 3.97. The Bertz CT molecular complexity index is 535. The number of hydrogen-bond donors (Lipinski definition) is 0. The fraction of sp³-hybridized carbons (Fsp3) is 0.357. The molecule has 1 aliphatic heterocycles. The Balaban J connectivity index is 1.77. The lowest BCUT2D eigenvalue weighted by molar-refractivity contribution is 0.0842. The van der Waals surface area contributed by atoms with E-state index in [1.54, 1.807) is 17.6 Å². The highest BCUT2D eigenvalue weighted by atomic mass is 32.1. The summed E-state index contributed by atoms with van der Waals surface area (Å²) in [6.45, 7) is 1.55. The van der Waals surface area contributed by atoms with E-state index in [1.807, 2.05) is 0 Å². The molecule has 1 aromatic carbocycles. The van der Waals surface area contributed by atoms with E-state index in [4.69, 9.17) is 9.47 Å². The lowest BCUT2D eigenvalue weighted by atomic mass is 9.97. The largest absolute Gasteiger partial charge is 0.445 e. The average Bonchev–Trinajstić information content (AvgIpc) is 2.90. The van der Waals surface area contributed by atoms with Crippen LogP contribution in [0.2, 0.25) is 0 Å². The van der Waals surface area contributed by atoms with Crippen LogP contribution in [-0.2, 0) is 4.74 Å². The Morgan fingerprint density at radius 2 is 1.95 bits per heavy atom. The second kappa shape index (κ2) is 5.67. The minimum absolute atomic E-state index is 0.263. The summed E-state index contributed by atoms with van der Waals surface area (Å²) in [6.07, 6.45) is 1.95. The Morgan fingerprint density at radius 1 is 1.21 bits per heavy atom. The maximum Gasteiger partial charge on any atom is 0.204 e. The SMILES string of the molecule is Fc1ccc(Oc2scnc2C2CCOCC2)cc1. The molecule has 1 aromatic heterocycles. The first-order valence-corrected chi connectivity index (χ1v) is 7.15. The zero-order valence-electron chi connectivity index (χ0n) is 10.3. The van der Waals surface area contributed by atoms with Crippen LogP contribution in [0.15, 0.2) is 29.8 Å². The predicted molar refractivity (Wildman–Crippen MR) is 71.4 cm³/mol. The molecule has 1 aliphatic rings. The maximum absolute atomic E-state index is 12.9. The van der Waals surface area contributed by atoms with Crippen LogP contribution in [0.5, 0.6) is 10.8 Å². The molecule has 0 bridgehead atoms. The normalized spacial score (nSPS) is 16.5. The van der Waals surface area contributed by atoms with Crippen LogP contribution in [0.4, 0.5) is 4.39 Å². The lowest BCUT2D eigenvalue weighted by Crippen LogP contribution is -2.14. The zero-order chi connectivity index (χ0) is 13.1. The molecule has 0 N–H and O–H groups in total. The van der Waals surface area contributed by atoms with Gasteiger partial charge in [0.2, 0.25) is 5.06 Å². The number of hydrogen-bond acceptors (Lipinski definition) is 4. The second-order valence-corrected chi connectivity index (χ2v) is 5.28. The molecule has 0 spiro atoms. The van der Waals surface area contributed by atoms with Crippen molar-refractivity contribution < 1.29 is 13.9 Å². The molecule has 2 aromatic rings. The van der Waals surface area contributed by atoms with E-state index in [0.29, 0.717) is 11.7 Å². The quantitative estimate of drug-likeness (QED) is 0.852. The molecule has 0 amide bonds. The fourth-order valence-electron chi connectivity index (χ4n) is 2.17. The van der Waals surface area contributed by atoms with Gasteiger partial charge in [0.05, 0.1) is 11.2 Å². The van der Waals surface area contributed by atoms with Gasteiger partial charge in [0, 0.05) is 19.1 Å². The van der Waals surface area contributed by atoms with E-state index < -0.39 is 0 Å². The number of nitrogens with zero attached hydrogens (tertiary/aromatic N) is 1. The van der Waals surface area contributed by atoms with E-state index in [9.17, 15) is 4.39 Å². The second-order valence-electron chi connectivity index (χ2n) is 4.47. The smallest absolute Gasteiger partial charge is 0.204 e. The Labute approximate surface area is 115 Å². The van der Waals surface area contributed by atoms with E-state index in [1.165, 1.54) is 23.5 Å². The molecule has 0 saturated carbocycles. The molecule has 1 fully saturated rings. The summed E-state index contributed by atoms with van der Waals surface area (Å²) >= 11 is 1.47. The minimum atomic E-state index is -0.263. The molecule has 2 heterocycles. The molecule has 0 atom stereocenters. The van der Waals surface area contributed by atoms with Crippen molar-refractivity contribution in [2.24, 2.45) is 0 Å². The van der Waals surface area contributed by atoms with Gasteiger partial charge in [-0.15, -0.1) is 0 Å². The van der Waals surface area contributed by atoms with Gasteiger partial charge in [0.1, 0.15) is 11.6 Å². The van der Waals surface area contributed by atoms with Crippen LogP contribution in [-0.4, -0.2) is 18.2 Å². The van der Waals surface area contributed by atoms with Crippen molar-refractivity contribution in [1.82, 2.24) is 4.98 Å². The summed E-state index contributed by atoms with van der Waals surface area (Å²) in [5.74, 6) is 0.774. The van der Waals surface area contributed by atoms with Gasteiger partial charge in [0.15, 0.2) is 0 Å². The molecule has 100 valence electrons. The minimum Gasteiger partial charge on any atom is -0.445 e. The Hall–Kier alpha value is -1.46. The van der Waals surface area contributed by atoms with Gasteiger partial charge >= 0.3 is 0 Å². The van der Waals surface area contributed by atoms with Gasteiger partial charge in [-0.1, -0.05) is 11.3 Å². The van der Waals surface area contributed by atoms with Crippen molar-refractivity contribution >= 4 is 11.3 Å². The average molecular weight is 279 g/mol. The third kappa shape index (κ3) is 2.93. The summed E-state index contributed by atoms with van der Waals surface area (Å²) in [7, 11) is 0. The van der Waals surface area contributed by atoms with E-state index in [-0.39, 0.29) is 5.82 Å². The zero-order valence-corrected chi connectivity index (χ0v) is 11.2. The number of benzene rings is 1. The molecule has 0 aliphatic carbocycles. The van der Waals surface area contributed by atoms with Crippen LogP contribution in [0.25, 0.3) is 0 Å². The summed E-state index contributed by atoms with van der Waals surface area (Å²) in [4.78, 5) is 4.42. The monoisotopic (exact) mass is 279 g/mol. The topological polar surface area (TPSA) is 31.4 Å². The van der Waals surface area contributed by atoms with E-state index >= 15 is 0 Å². The van der Waals surface area contributed by atoms with Crippen LogP contribution in [0.3, 0.4) is 0 Å². The Kier molecular flexibility index (Phi) is 3.75. The van der Waals surface area contributed by atoms with E-state index in [0.717, 1.165) is 36.8 Å². The van der Waals surface area contributed by atoms with Gasteiger partial charge in [-0.3, -0.25) is 0 Å². The molecule has 19 heavy (non-hydrogen) atoms. The van der Waals surface area contributed by atoms with E-state index in [2.05, 4.69) is 4.98 Å². The van der Waals surface area contributed by atoms with Gasteiger partial charge < -0.3 is 9.47 Å². The molecule has 3 nitrogen and oxygen atoms in total. The molecule has 0 radical (unpaired) electrons. The van der Waals surface area contributed by atoms with Crippen LogP contribution >= 0.6 is 11.3 Å². The molecule has 0 unspecified atom stereocenters. The van der Waals surface area contributed by atoms with Gasteiger partial charge in [0.25, 0.3) is 0 Å². The van der Waals surface area contributed by atoms with Crippen molar-refractivity contribution in [3.8, 4) is 10.8 Å². The first-order chi connectivity index (χ1) is 9.33. The lowest BCUT2D eigenvalue weighted by Gasteiger charge is -2.21. The first-order valence-electron chi connectivity index (χ1n) is 6.27. The number of ether oxygens (including phenoxy) is 2. The summed E-state index contributed by atoms with van der Waals surface area (Å²) in [5, 5.41) is 0.804. The molecule has 5 heteroatoms. The van der Waals surface area contributed by atoms with Crippen molar-refractivity contribution in [2.75, 3.05) is 13.2 Å². The molecule has 3 rings (SSSR count). The maximum atomic E-state index is 12.9. The van der Waals surface area contributed by atoms with Gasteiger partial charge in [-0.25, -0.2) is 9.37 Å². The number of aromatic nitrogens is 1. The highest BCUT2D eigenvalue weighted by Crippen LogP contribution is 2.37. The highest BCUT2D eigenvalue weighted by Gasteiger charge is 2.22. The number of rotatable bonds is 3. The summed E-state index contributed by atoms with van der Waals surface area (Å²) in [6, 6.07) is 6.04. The van der Waals surface area contributed by atoms with Gasteiger partial charge in [-0.05, 0) is 37.1 Å². The fourth-order valence-corrected chi connectivity index (χ4v) is 2.92. The highest BCUT2D eigenvalue weighted by molar-refractivity contribution is 7.11. The van der Waals surface area contributed by atoms with Crippen molar-refractivity contribution in [3.63, 3.8) is 0 Å². The molecular formula is C14H14FNO2S. The number of thiazole rings is 1. The molecule has 1 saturated heterocycles. The van der Waals surface area contributed by atoms with Crippen molar-refractivity contribution in [1.29, 1.82) is 0 Å². The molecular weight excluding hydrogens is 265 g/mol. The van der Waals surface area contributed by atoms with Crippen molar-refractivity contribution in [2.45, 2.75) is 18.8 Å². The standard InChI is InChI=1S/C14H14FNO2S/c15-11-1-3-12(4-2-11)18-14-13(16-9-19-14)10-5-7-17-8-6-10/h1-4,9-10H,5-8H2. The van der Waals surface area contributed by atoms with Gasteiger partial charge in [-0.2, -0.15) is 0 Å². The van der Waals surface area contributed by atoms with Crippen molar-refractivity contribution in [3.05, 3.63) is 41.3 Å². The summed E-state index contributed by atoms with van der Waals surface area (Å²) < 4.78 is 24.0. The third-order valence-corrected chi connectivity index (χ3v) is 3.91. The third-order valence-electron chi connectivity index (χ3n) is 3.19. The number of halogens is 1.